The molecule has 5 heteroatoms. The summed E-state index contributed by atoms with van der Waals surface area (Å²) in [7, 11) is 0. The molecule has 2 aromatic heterocycles. The van der Waals surface area contributed by atoms with E-state index in [9.17, 15) is 4.79 Å². The van der Waals surface area contributed by atoms with Gasteiger partial charge in [0.05, 0.1) is 23.8 Å². The molecule has 0 atom stereocenters. The molecule has 0 unspecified atom stereocenters. The molecule has 5 rings (SSSR count). The lowest BCUT2D eigenvalue weighted by atomic mass is 9.91. The van der Waals surface area contributed by atoms with Gasteiger partial charge in [-0.3, -0.25) is 9.78 Å². The molecular weight excluding hydrogens is 414 g/mol. The highest BCUT2D eigenvalue weighted by atomic mass is 32.2. The molecule has 0 aliphatic heterocycles. The van der Waals surface area contributed by atoms with Gasteiger partial charge in [0.15, 0.2) is 10.9 Å². The minimum absolute atomic E-state index is 0.0538. The summed E-state index contributed by atoms with van der Waals surface area (Å²) in [4.78, 5) is 22.0. The second kappa shape index (κ2) is 9.70. The van der Waals surface area contributed by atoms with Gasteiger partial charge in [-0.1, -0.05) is 85.6 Å². The summed E-state index contributed by atoms with van der Waals surface area (Å²) in [6.45, 7) is 0.717. The van der Waals surface area contributed by atoms with Crippen LogP contribution in [0.5, 0.6) is 0 Å². The lowest BCUT2D eigenvalue weighted by molar-refractivity contribution is 0.103. The van der Waals surface area contributed by atoms with Gasteiger partial charge in [0, 0.05) is 23.1 Å². The van der Waals surface area contributed by atoms with Crippen LogP contribution in [-0.4, -0.2) is 26.1 Å². The van der Waals surface area contributed by atoms with E-state index in [1.165, 1.54) is 32.1 Å². The number of fused-ring (bicyclic) bond motifs is 1. The fraction of sp³-hybridized carbons (Fsp3) is 0.296. The number of hydrogen-bond acceptors (Lipinski definition) is 4. The zero-order valence-electron chi connectivity index (χ0n) is 18.1. The van der Waals surface area contributed by atoms with Crippen LogP contribution in [0.2, 0.25) is 0 Å². The van der Waals surface area contributed by atoms with Crippen molar-refractivity contribution < 1.29 is 4.79 Å². The van der Waals surface area contributed by atoms with E-state index in [0.29, 0.717) is 11.1 Å². The smallest absolute Gasteiger partial charge is 0.193 e. The van der Waals surface area contributed by atoms with Gasteiger partial charge >= 0.3 is 0 Å². The normalized spacial score (nSPS) is 14.6. The Labute approximate surface area is 193 Å². The average Bonchev–Trinajstić information content (AvgIpc) is 3.21. The van der Waals surface area contributed by atoms with Crippen molar-refractivity contribution in [1.82, 2.24) is 14.5 Å². The van der Waals surface area contributed by atoms with Gasteiger partial charge in [-0.2, -0.15) is 0 Å². The summed E-state index contributed by atoms with van der Waals surface area (Å²) in [6.07, 6.45) is 10.5. The minimum atomic E-state index is 0.0538. The van der Waals surface area contributed by atoms with Crippen molar-refractivity contribution in [3.63, 3.8) is 0 Å². The lowest BCUT2D eigenvalue weighted by Gasteiger charge is -2.21. The van der Waals surface area contributed by atoms with E-state index in [1.54, 1.807) is 6.20 Å². The Bertz CT molecular complexity index is 1190. The van der Waals surface area contributed by atoms with Crippen LogP contribution in [0.4, 0.5) is 0 Å². The molecule has 1 fully saturated rings. The van der Waals surface area contributed by atoms with E-state index in [2.05, 4.69) is 9.55 Å². The van der Waals surface area contributed by atoms with Crippen LogP contribution in [0.15, 0.2) is 78.2 Å². The molecule has 162 valence electrons. The van der Waals surface area contributed by atoms with E-state index in [4.69, 9.17) is 4.98 Å². The zero-order chi connectivity index (χ0) is 21.8. The van der Waals surface area contributed by atoms with Crippen molar-refractivity contribution in [2.45, 2.75) is 43.8 Å². The Kier molecular flexibility index (Phi) is 6.35. The van der Waals surface area contributed by atoms with Crippen molar-refractivity contribution >= 4 is 28.6 Å². The highest BCUT2D eigenvalue weighted by molar-refractivity contribution is 7.99. The fourth-order valence-electron chi connectivity index (χ4n) is 4.46. The van der Waals surface area contributed by atoms with Crippen molar-refractivity contribution in [3.05, 3.63) is 89.7 Å². The average molecular weight is 442 g/mol. The minimum Gasteiger partial charge on any atom is -0.313 e. The van der Waals surface area contributed by atoms with Crippen LogP contribution in [0.1, 0.15) is 53.6 Å². The molecule has 0 N–H and O–H groups in total. The van der Waals surface area contributed by atoms with Crippen molar-refractivity contribution in [1.29, 1.82) is 0 Å². The summed E-state index contributed by atoms with van der Waals surface area (Å²) in [6, 6.07) is 19.4. The number of nitrogens with zero attached hydrogens (tertiary/aromatic N) is 3. The highest BCUT2D eigenvalue weighted by Gasteiger charge is 2.17. The summed E-state index contributed by atoms with van der Waals surface area (Å²) >= 11 is 1.87. The summed E-state index contributed by atoms with van der Waals surface area (Å²) in [5, 5.41) is 1.06. The maximum Gasteiger partial charge on any atom is 0.193 e. The maximum atomic E-state index is 12.7. The van der Waals surface area contributed by atoms with Gasteiger partial charge in [-0.05, 0) is 30.4 Å². The summed E-state index contributed by atoms with van der Waals surface area (Å²) < 4.78 is 2.27. The first-order chi connectivity index (χ1) is 15.8. The molecule has 32 heavy (non-hydrogen) atoms. The first-order valence-electron chi connectivity index (χ1n) is 11.4. The first-order valence-corrected chi connectivity index (χ1v) is 12.4. The number of aromatic nitrogens is 3. The standard InChI is InChI=1S/C27H27N3OS/c31-26(22-9-5-2-6-10-22)23-13-11-20(12-14-23)18-30-25-17-28-16-15-24(25)29-27(30)32-19-21-7-3-1-4-8-21/h2,5-6,9-17,21H,1,3-4,7-8,18-19H2. The van der Waals surface area contributed by atoms with Crippen LogP contribution < -0.4 is 0 Å². The van der Waals surface area contributed by atoms with Crippen LogP contribution in [0.25, 0.3) is 11.0 Å². The Hall–Kier alpha value is -2.92. The third-order valence-corrected chi connectivity index (χ3v) is 7.49. The zero-order valence-corrected chi connectivity index (χ0v) is 18.9. The van der Waals surface area contributed by atoms with Gasteiger partial charge in [0.2, 0.25) is 0 Å². The molecule has 1 aliphatic carbocycles. The maximum absolute atomic E-state index is 12.7. The number of carbonyl (C=O) groups excluding carboxylic acids is 1. The number of rotatable bonds is 7. The topological polar surface area (TPSA) is 47.8 Å². The van der Waals surface area contributed by atoms with E-state index < -0.39 is 0 Å². The quantitative estimate of drug-likeness (QED) is 0.246. The number of thioether (sulfide) groups is 1. The Balaban J connectivity index is 1.36. The molecule has 0 saturated heterocycles. The van der Waals surface area contributed by atoms with Crippen molar-refractivity contribution in [3.8, 4) is 0 Å². The molecule has 4 nitrogen and oxygen atoms in total. The van der Waals surface area contributed by atoms with Crippen LogP contribution in [-0.2, 0) is 6.54 Å². The largest absolute Gasteiger partial charge is 0.313 e. The SMILES string of the molecule is O=C(c1ccccc1)c1ccc(Cn2c(SCC3CCCCC3)nc3ccncc32)cc1. The first kappa shape index (κ1) is 21.0. The van der Waals surface area contributed by atoms with E-state index in [1.807, 2.05) is 78.6 Å². The van der Waals surface area contributed by atoms with Gasteiger partial charge in [-0.15, -0.1) is 0 Å². The number of hydrogen-bond donors (Lipinski definition) is 0. The molecule has 0 bridgehead atoms. The van der Waals surface area contributed by atoms with Gasteiger partial charge < -0.3 is 4.57 Å². The Morgan fingerprint density at radius 1 is 0.938 bits per heavy atom. The molecular formula is C27H27N3OS. The molecule has 0 radical (unpaired) electrons. The second-order valence-electron chi connectivity index (χ2n) is 8.55. The second-order valence-corrected chi connectivity index (χ2v) is 9.54. The van der Waals surface area contributed by atoms with Crippen LogP contribution >= 0.6 is 11.8 Å². The third kappa shape index (κ3) is 4.63. The van der Waals surface area contributed by atoms with E-state index in [0.717, 1.165) is 40.0 Å². The molecule has 0 amide bonds. The molecule has 2 aromatic carbocycles. The van der Waals surface area contributed by atoms with E-state index in [-0.39, 0.29) is 5.78 Å². The molecule has 1 saturated carbocycles. The summed E-state index contributed by atoms with van der Waals surface area (Å²) in [5.41, 5.74) is 4.62. The van der Waals surface area contributed by atoms with Gasteiger partial charge in [0.25, 0.3) is 0 Å². The monoisotopic (exact) mass is 441 g/mol. The predicted octanol–water partition coefficient (Wildman–Crippen LogP) is 6.38. The number of imidazole rings is 1. The van der Waals surface area contributed by atoms with Crippen LogP contribution in [0, 0.1) is 5.92 Å². The fourth-order valence-corrected chi connectivity index (χ4v) is 5.66. The van der Waals surface area contributed by atoms with E-state index >= 15 is 0 Å². The summed E-state index contributed by atoms with van der Waals surface area (Å²) in [5.74, 6) is 1.97. The number of carbonyl (C=O) groups is 1. The Morgan fingerprint density at radius 3 is 2.47 bits per heavy atom. The van der Waals surface area contributed by atoms with Gasteiger partial charge in [0.1, 0.15) is 0 Å². The molecule has 1 aliphatic rings. The molecule has 2 heterocycles. The number of pyridine rings is 1. The molecule has 0 spiro atoms. The Morgan fingerprint density at radius 2 is 1.69 bits per heavy atom. The number of benzene rings is 2. The van der Waals surface area contributed by atoms with Crippen LogP contribution in [0.3, 0.4) is 0 Å². The lowest BCUT2D eigenvalue weighted by Crippen LogP contribution is -2.10. The van der Waals surface area contributed by atoms with Crippen molar-refractivity contribution in [2.75, 3.05) is 5.75 Å². The predicted molar refractivity (Wildman–Crippen MR) is 130 cm³/mol. The van der Waals surface area contributed by atoms with Gasteiger partial charge in [-0.25, -0.2) is 4.98 Å². The highest BCUT2D eigenvalue weighted by Crippen LogP contribution is 2.31. The molecule has 4 aromatic rings. The van der Waals surface area contributed by atoms with Crippen molar-refractivity contribution in [2.24, 2.45) is 5.92 Å². The third-order valence-electron chi connectivity index (χ3n) is 6.28. The number of ketones is 1.